The van der Waals surface area contributed by atoms with Crippen molar-refractivity contribution in [2.45, 2.75) is 31.9 Å². The van der Waals surface area contributed by atoms with E-state index in [1.807, 2.05) is 14.0 Å². The van der Waals surface area contributed by atoms with Crippen molar-refractivity contribution in [2.75, 3.05) is 20.1 Å². The molecule has 0 aromatic carbocycles. The molecule has 1 aliphatic rings. The van der Waals surface area contributed by atoms with Crippen molar-refractivity contribution in [2.24, 2.45) is 0 Å². The molecule has 0 bridgehead atoms. The molecule has 10 heavy (non-hydrogen) atoms. The molecule has 1 fully saturated rings. The third-order valence-electron chi connectivity index (χ3n) is 2.35. The van der Waals surface area contributed by atoms with Crippen molar-refractivity contribution in [3.8, 4) is 0 Å². The first kappa shape index (κ1) is 7.99. The first-order valence-corrected chi connectivity index (χ1v) is 4.04. The van der Waals surface area contributed by atoms with Gasteiger partial charge in [-0.2, -0.15) is 0 Å². The van der Waals surface area contributed by atoms with Crippen molar-refractivity contribution in [3.05, 3.63) is 0 Å². The van der Waals surface area contributed by atoms with Gasteiger partial charge in [-0.05, 0) is 32.9 Å². The molecule has 0 N–H and O–H groups in total. The minimum Gasteiger partial charge on any atom is -0.303 e. The summed E-state index contributed by atoms with van der Waals surface area (Å²) in [7, 11) is 1.99. The van der Waals surface area contributed by atoms with E-state index in [0.29, 0.717) is 13.0 Å². The first-order valence-electron chi connectivity index (χ1n) is 4.04. The van der Waals surface area contributed by atoms with Crippen LogP contribution in [0.2, 0.25) is 0 Å². The van der Waals surface area contributed by atoms with Crippen LogP contribution in [0.5, 0.6) is 0 Å². The molecule has 0 aromatic rings. The number of hydrogen-bond acceptors (Lipinski definition) is 1. The lowest BCUT2D eigenvalue weighted by Gasteiger charge is -2.34. The van der Waals surface area contributed by atoms with Crippen LogP contribution in [0.1, 0.15) is 26.2 Å². The Labute approximate surface area is 62.2 Å². The maximum atomic E-state index is 13.5. The highest BCUT2D eigenvalue weighted by atomic mass is 19.1. The zero-order valence-electron chi connectivity index (χ0n) is 6.86. The van der Waals surface area contributed by atoms with E-state index >= 15 is 0 Å². The van der Waals surface area contributed by atoms with Gasteiger partial charge in [-0.3, -0.25) is 0 Å². The molecular weight excluding hydrogens is 129 g/mol. The number of nitrogens with zero attached hydrogens (tertiary/aromatic N) is 1. The second-order valence-electron chi connectivity index (χ2n) is 3.35. The summed E-state index contributed by atoms with van der Waals surface area (Å²) in [5, 5.41) is 0. The van der Waals surface area contributed by atoms with Crippen LogP contribution in [-0.2, 0) is 0 Å². The van der Waals surface area contributed by atoms with E-state index < -0.39 is 5.67 Å². The van der Waals surface area contributed by atoms with Gasteiger partial charge in [-0.1, -0.05) is 6.92 Å². The fourth-order valence-corrected chi connectivity index (χ4v) is 1.60. The molecule has 0 radical (unpaired) electrons. The van der Waals surface area contributed by atoms with Crippen LogP contribution < -0.4 is 0 Å². The van der Waals surface area contributed by atoms with Crippen molar-refractivity contribution >= 4 is 0 Å². The molecule has 0 spiro atoms. The minimum atomic E-state index is -0.882. The van der Waals surface area contributed by atoms with Crippen LogP contribution in [0, 0.1) is 0 Å². The van der Waals surface area contributed by atoms with E-state index in [1.165, 1.54) is 0 Å². The van der Waals surface area contributed by atoms with E-state index in [0.717, 1.165) is 19.4 Å². The van der Waals surface area contributed by atoms with Crippen molar-refractivity contribution in [3.63, 3.8) is 0 Å². The monoisotopic (exact) mass is 145 g/mol. The molecule has 1 heterocycles. The van der Waals surface area contributed by atoms with Gasteiger partial charge in [0.05, 0.1) is 0 Å². The number of hydrogen-bond donors (Lipinski definition) is 0. The van der Waals surface area contributed by atoms with Crippen LogP contribution in [0.15, 0.2) is 0 Å². The number of piperidine rings is 1. The van der Waals surface area contributed by atoms with E-state index in [1.54, 1.807) is 0 Å². The largest absolute Gasteiger partial charge is 0.303 e. The highest BCUT2D eigenvalue weighted by Crippen LogP contribution is 2.27. The topological polar surface area (TPSA) is 3.24 Å². The Hall–Kier alpha value is -0.110. The average Bonchev–Trinajstić information content (AvgIpc) is 1.88. The Balaban J connectivity index is 2.45. The molecule has 2 heteroatoms. The predicted molar refractivity (Wildman–Crippen MR) is 40.9 cm³/mol. The standard InChI is InChI=1S/C8H16FN/c1-3-8(9)5-4-6-10(2)7-8/h3-7H2,1-2H3. The maximum Gasteiger partial charge on any atom is 0.123 e. The summed E-state index contributed by atoms with van der Waals surface area (Å²) in [5.41, 5.74) is -0.882. The molecular formula is C8H16FN. The van der Waals surface area contributed by atoms with Gasteiger partial charge in [0.1, 0.15) is 5.67 Å². The Morgan fingerprint density at radius 2 is 2.30 bits per heavy atom. The molecule has 60 valence electrons. The van der Waals surface area contributed by atoms with E-state index in [4.69, 9.17) is 0 Å². The normalized spacial score (nSPS) is 36.3. The summed E-state index contributed by atoms with van der Waals surface area (Å²) >= 11 is 0. The summed E-state index contributed by atoms with van der Waals surface area (Å²) in [4.78, 5) is 2.08. The molecule has 0 amide bonds. The Bertz CT molecular complexity index is 116. The van der Waals surface area contributed by atoms with Gasteiger partial charge >= 0.3 is 0 Å². The molecule has 1 rings (SSSR count). The SMILES string of the molecule is CCC1(F)CCCN(C)C1. The van der Waals surface area contributed by atoms with Gasteiger partial charge in [-0.15, -0.1) is 0 Å². The van der Waals surface area contributed by atoms with E-state index in [9.17, 15) is 4.39 Å². The number of halogens is 1. The molecule has 0 aromatic heterocycles. The van der Waals surface area contributed by atoms with Gasteiger partial charge < -0.3 is 4.90 Å². The Kier molecular flexibility index (Phi) is 2.29. The number of alkyl halides is 1. The van der Waals surface area contributed by atoms with Crippen LogP contribution in [0.3, 0.4) is 0 Å². The summed E-state index contributed by atoms with van der Waals surface area (Å²) in [6.07, 6.45) is 2.44. The predicted octanol–water partition coefficient (Wildman–Crippen LogP) is 1.83. The molecule has 1 atom stereocenters. The first-order chi connectivity index (χ1) is 4.66. The summed E-state index contributed by atoms with van der Waals surface area (Å²) < 4.78 is 13.5. The van der Waals surface area contributed by atoms with Gasteiger partial charge in [0.15, 0.2) is 0 Å². The summed E-state index contributed by atoms with van der Waals surface area (Å²) in [6.45, 7) is 3.62. The maximum absolute atomic E-state index is 13.5. The molecule has 0 saturated carbocycles. The lowest BCUT2D eigenvalue weighted by Crippen LogP contribution is -2.42. The molecule has 1 unspecified atom stereocenters. The van der Waals surface area contributed by atoms with Gasteiger partial charge in [0.25, 0.3) is 0 Å². The average molecular weight is 145 g/mol. The van der Waals surface area contributed by atoms with Gasteiger partial charge in [0, 0.05) is 6.54 Å². The molecule has 0 aliphatic carbocycles. The fraction of sp³-hybridized carbons (Fsp3) is 1.00. The zero-order valence-corrected chi connectivity index (χ0v) is 6.86. The Morgan fingerprint density at radius 1 is 1.60 bits per heavy atom. The Morgan fingerprint density at radius 3 is 2.70 bits per heavy atom. The zero-order chi connectivity index (χ0) is 7.61. The highest BCUT2D eigenvalue weighted by Gasteiger charge is 2.31. The van der Waals surface area contributed by atoms with Crippen LogP contribution in [-0.4, -0.2) is 30.7 Å². The third-order valence-corrected chi connectivity index (χ3v) is 2.35. The summed E-state index contributed by atoms with van der Waals surface area (Å²) in [6, 6.07) is 0. The fourth-order valence-electron chi connectivity index (χ4n) is 1.60. The smallest absolute Gasteiger partial charge is 0.123 e. The second kappa shape index (κ2) is 2.87. The molecule has 1 nitrogen and oxygen atoms in total. The second-order valence-corrected chi connectivity index (χ2v) is 3.35. The van der Waals surface area contributed by atoms with Crippen molar-refractivity contribution in [1.29, 1.82) is 0 Å². The minimum absolute atomic E-state index is 0.628. The molecule has 1 saturated heterocycles. The lowest BCUT2D eigenvalue weighted by atomic mass is 9.93. The quantitative estimate of drug-likeness (QED) is 0.544. The van der Waals surface area contributed by atoms with Crippen molar-refractivity contribution < 1.29 is 4.39 Å². The lowest BCUT2D eigenvalue weighted by molar-refractivity contribution is 0.0554. The molecule has 1 aliphatic heterocycles. The number of likely N-dealkylation sites (tertiary alicyclic amines) is 1. The van der Waals surface area contributed by atoms with Crippen LogP contribution in [0.4, 0.5) is 4.39 Å². The van der Waals surface area contributed by atoms with Crippen LogP contribution >= 0.6 is 0 Å². The van der Waals surface area contributed by atoms with Crippen molar-refractivity contribution in [1.82, 2.24) is 4.90 Å². The van der Waals surface area contributed by atoms with E-state index in [2.05, 4.69) is 4.90 Å². The highest BCUT2D eigenvalue weighted by molar-refractivity contribution is 4.84. The van der Waals surface area contributed by atoms with Gasteiger partial charge in [-0.25, -0.2) is 4.39 Å². The number of rotatable bonds is 1. The van der Waals surface area contributed by atoms with E-state index in [-0.39, 0.29) is 0 Å². The van der Waals surface area contributed by atoms with Gasteiger partial charge in [0.2, 0.25) is 0 Å². The summed E-state index contributed by atoms with van der Waals surface area (Å²) in [5.74, 6) is 0. The third kappa shape index (κ3) is 1.69. The van der Waals surface area contributed by atoms with Crippen LogP contribution in [0.25, 0.3) is 0 Å².